The number of amides is 1. The summed E-state index contributed by atoms with van der Waals surface area (Å²) in [7, 11) is 0. The van der Waals surface area contributed by atoms with Crippen LogP contribution in [0.4, 0.5) is 0 Å². The molecule has 1 aliphatic rings. The van der Waals surface area contributed by atoms with Gasteiger partial charge in [0, 0.05) is 12.8 Å². The zero-order chi connectivity index (χ0) is 65.1. The molecular formula is C79H153NO10. The highest BCUT2D eigenvalue weighted by Crippen LogP contribution is 2.24. The van der Waals surface area contributed by atoms with Crippen LogP contribution in [0.2, 0.25) is 0 Å². The standard InChI is InChI=1S/C79H153NO10/c1-3-5-7-9-11-13-15-46-49-53-57-61-65-72(82)71(70-89-79-78(87)77(86)76(85)73(69-81)90-79)80-74(83)66-62-58-54-50-47-43-41-39-37-35-33-31-29-27-25-23-21-19-17-16-18-20-22-24-26-28-30-32-34-36-38-40-42-44-48-52-56-60-64-68-88-75(84)67-63-59-55-51-45-14-12-10-8-6-4-2/h61,65,71-73,76-79,81-82,85-87H,3-60,62-64,66-70H2,1-2H3,(H,80,83)/b65-61+. The molecule has 0 saturated carbocycles. The number of aliphatic hydroxyl groups is 5. The van der Waals surface area contributed by atoms with Gasteiger partial charge in [0.05, 0.1) is 32.0 Å². The van der Waals surface area contributed by atoms with Crippen LogP contribution in [0.25, 0.3) is 0 Å². The number of carbonyl (C=O) groups is 2. The summed E-state index contributed by atoms with van der Waals surface area (Å²) in [6, 6.07) is -0.804. The Labute approximate surface area is 557 Å². The van der Waals surface area contributed by atoms with Crippen molar-refractivity contribution < 1.29 is 49.3 Å². The molecule has 7 atom stereocenters. The molecule has 0 bridgehead atoms. The zero-order valence-electron chi connectivity index (χ0n) is 59.6. The highest BCUT2D eigenvalue weighted by atomic mass is 16.7. The minimum Gasteiger partial charge on any atom is -0.466 e. The maximum Gasteiger partial charge on any atom is 0.305 e. The van der Waals surface area contributed by atoms with Crippen LogP contribution >= 0.6 is 0 Å². The molecule has 0 aromatic rings. The first-order valence-corrected chi connectivity index (χ1v) is 40.0. The number of allylic oxidation sites excluding steroid dienone is 1. The fraction of sp³-hybridized carbons (Fsp3) is 0.949. The monoisotopic (exact) mass is 1280 g/mol. The average molecular weight is 1280 g/mol. The van der Waals surface area contributed by atoms with Crippen LogP contribution < -0.4 is 5.32 Å². The molecule has 1 rings (SSSR count). The lowest BCUT2D eigenvalue weighted by molar-refractivity contribution is -0.302. The van der Waals surface area contributed by atoms with Gasteiger partial charge in [0.25, 0.3) is 0 Å². The molecular weight excluding hydrogens is 1120 g/mol. The maximum atomic E-state index is 13.1. The van der Waals surface area contributed by atoms with E-state index in [0.29, 0.717) is 19.4 Å². The van der Waals surface area contributed by atoms with E-state index in [0.717, 1.165) is 51.4 Å². The van der Waals surface area contributed by atoms with Gasteiger partial charge in [-0.15, -0.1) is 0 Å². The van der Waals surface area contributed by atoms with Crippen molar-refractivity contribution in [2.75, 3.05) is 19.8 Å². The number of aliphatic hydroxyl groups excluding tert-OH is 5. The van der Waals surface area contributed by atoms with Crippen LogP contribution in [0.3, 0.4) is 0 Å². The van der Waals surface area contributed by atoms with Gasteiger partial charge in [0.1, 0.15) is 24.4 Å². The molecule has 0 radical (unpaired) electrons. The third kappa shape index (κ3) is 56.7. The maximum absolute atomic E-state index is 13.1. The number of hydrogen-bond acceptors (Lipinski definition) is 10. The SMILES string of the molecule is CCCCCCCCCCCC/C=C/C(O)C(COC1OC(CO)C(O)C(O)C1O)NC(=O)CCCCCCCCCCCCCCCCCCCCCCCCCCCCCCCCCCCCCCCCCOC(=O)CCCCCCCCCCCCC. The molecule has 0 aromatic carbocycles. The molecule has 1 heterocycles. The van der Waals surface area contributed by atoms with Crippen molar-refractivity contribution in [3.05, 3.63) is 12.2 Å². The second-order valence-electron chi connectivity index (χ2n) is 28.1. The second-order valence-corrected chi connectivity index (χ2v) is 28.1. The molecule has 0 aromatic heterocycles. The van der Waals surface area contributed by atoms with E-state index in [4.69, 9.17) is 14.2 Å². The fourth-order valence-corrected chi connectivity index (χ4v) is 13.1. The Hall–Kier alpha value is -1.60. The van der Waals surface area contributed by atoms with Gasteiger partial charge in [-0.3, -0.25) is 9.59 Å². The van der Waals surface area contributed by atoms with Crippen LogP contribution in [-0.4, -0.2) is 100 Å². The largest absolute Gasteiger partial charge is 0.466 e. The fourth-order valence-electron chi connectivity index (χ4n) is 13.1. The van der Waals surface area contributed by atoms with Gasteiger partial charge in [-0.05, 0) is 32.1 Å². The Balaban J connectivity index is 1.87. The van der Waals surface area contributed by atoms with Gasteiger partial charge >= 0.3 is 5.97 Å². The molecule has 1 saturated heterocycles. The molecule has 0 spiro atoms. The van der Waals surface area contributed by atoms with E-state index in [2.05, 4.69) is 19.2 Å². The number of rotatable bonds is 72. The van der Waals surface area contributed by atoms with Crippen LogP contribution in [0.15, 0.2) is 12.2 Å². The third-order valence-electron chi connectivity index (χ3n) is 19.4. The van der Waals surface area contributed by atoms with E-state index in [9.17, 15) is 35.1 Å². The van der Waals surface area contributed by atoms with Crippen molar-refractivity contribution in [2.45, 2.75) is 461 Å². The van der Waals surface area contributed by atoms with Crippen molar-refractivity contribution in [2.24, 2.45) is 0 Å². The zero-order valence-corrected chi connectivity index (χ0v) is 59.6. The summed E-state index contributed by atoms with van der Waals surface area (Å²) in [4.78, 5) is 25.1. The smallest absolute Gasteiger partial charge is 0.305 e. The van der Waals surface area contributed by atoms with E-state index in [-0.39, 0.29) is 18.5 Å². The van der Waals surface area contributed by atoms with Crippen LogP contribution in [0, 0.1) is 0 Å². The van der Waals surface area contributed by atoms with Gasteiger partial charge in [0.15, 0.2) is 6.29 Å². The molecule has 90 heavy (non-hydrogen) atoms. The number of ether oxygens (including phenoxy) is 3. The van der Waals surface area contributed by atoms with Crippen LogP contribution in [-0.2, 0) is 23.8 Å². The van der Waals surface area contributed by atoms with Crippen LogP contribution in [0.5, 0.6) is 0 Å². The van der Waals surface area contributed by atoms with Gasteiger partial charge in [-0.1, -0.05) is 386 Å². The van der Waals surface area contributed by atoms with E-state index < -0.39 is 49.5 Å². The number of carbonyl (C=O) groups excluding carboxylic acids is 2. The third-order valence-corrected chi connectivity index (χ3v) is 19.4. The second kappa shape index (κ2) is 68.8. The van der Waals surface area contributed by atoms with Gasteiger partial charge in [0.2, 0.25) is 5.91 Å². The van der Waals surface area contributed by atoms with E-state index in [1.54, 1.807) is 6.08 Å². The first-order valence-electron chi connectivity index (χ1n) is 40.0. The summed E-state index contributed by atoms with van der Waals surface area (Å²) in [6.07, 6.45) is 76.8. The van der Waals surface area contributed by atoms with Crippen molar-refractivity contribution in [3.63, 3.8) is 0 Å². The molecule has 6 N–H and O–H groups in total. The van der Waals surface area contributed by atoms with Crippen molar-refractivity contribution >= 4 is 11.9 Å². The summed E-state index contributed by atoms with van der Waals surface area (Å²) in [5.74, 6) is -0.154. The number of unbranched alkanes of at least 4 members (excludes halogenated alkanes) is 58. The van der Waals surface area contributed by atoms with Crippen molar-refractivity contribution in [1.82, 2.24) is 5.32 Å². The highest BCUT2D eigenvalue weighted by Gasteiger charge is 2.44. The minimum atomic E-state index is -1.57. The summed E-state index contributed by atoms with van der Waals surface area (Å²) in [6.45, 7) is 4.40. The molecule has 1 fully saturated rings. The van der Waals surface area contributed by atoms with E-state index in [1.165, 1.54) is 340 Å². The molecule has 11 nitrogen and oxygen atoms in total. The van der Waals surface area contributed by atoms with E-state index in [1.807, 2.05) is 6.08 Å². The summed E-state index contributed by atoms with van der Waals surface area (Å²) >= 11 is 0. The molecule has 0 aliphatic carbocycles. The Bertz CT molecular complexity index is 1500. The molecule has 534 valence electrons. The van der Waals surface area contributed by atoms with Crippen molar-refractivity contribution in [3.8, 4) is 0 Å². The lowest BCUT2D eigenvalue weighted by Gasteiger charge is -2.40. The number of esters is 1. The molecule has 7 unspecified atom stereocenters. The minimum absolute atomic E-state index is 0.0190. The Morgan fingerprint density at radius 2 is 0.700 bits per heavy atom. The number of hydrogen-bond donors (Lipinski definition) is 6. The quantitative estimate of drug-likeness (QED) is 0.0195. The lowest BCUT2D eigenvalue weighted by atomic mass is 9.99. The normalized spacial score (nSPS) is 17.6. The lowest BCUT2D eigenvalue weighted by Crippen LogP contribution is -2.60. The van der Waals surface area contributed by atoms with Gasteiger partial charge < -0.3 is 45.1 Å². The summed E-state index contributed by atoms with van der Waals surface area (Å²) in [5, 5.41) is 54.5. The van der Waals surface area contributed by atoms with Gasteiger partial charge in [-0.2, -0.15) is 0 Å². The topological polar surface area (TPSA) is 175 Å². The first kappa shape index (κ1) is 86.4. The first-order chi connectivity index (χ1) is 44.2. The highest BCUT2D eigenvalue weighted by molar-refractivity contribution is 5.76. The molecule has 11 heteroatoms. The van der Waals surface area contributed by atoms with Crippen molar-refractivity contribution in [1.29, 1.82) is 0 Å². The Kier molecular flexibility index (Phi) is 66.0. The molecule has 1 aliphatic heterocycles. The predicted molar refractivity (Wildman–Crippen MR) is 380 cm³/mol. The molecule has 1 amide bonds. The van der Waals surface area contributed by atoms with Gasteiger partial charge in [-0.25, -0.2) is 0 Å². The van der Waals surface area contributed by atoms with E-state index >= 15 is 0 Å². The number of nitrogens with one attached hydrogen (secondary N) is 1. The van der Waals surface area contributed by atoms with Crippen LogP contribution in [0.1, 0.15) is 418 Å². The Morgan fingerprint density at radius 1 is 0.400 bits per heavy atom. The average Bonchev–Trinajstić information content (AvgIpc) is 1.01. The predicted octanol–water partition coefficient (Wildman–Crippen LogP) is 21.4. The summed E-state index contributed by atoms with van der Waals surface area (Å²) < 4.78 is 16.8. The summed E-state index contributed by atoms with van der Waals surface area (Å²) in [5.41, 5.74) is 0. The Morgan fingerprint density at radius 3 is 1.03 bits per heavy atom.